The Hall–Kier alpha value is -2.03. The lowest BCUT2D eigenvalue weighted by atomic mass is 9.83. The Kier molecular flexibility index (Phi) is 3.85. The van der Waals surface area contributed by atoms with Crippen molar-refractivity contribution in [3.63, 3.8) is 0 Å². The zero-order chi connectivity index (χ0) is 19.7. The lowest BCUT2D eigenvalue weighted by Gasteiger charge is -2.30. The largest absolute Gasteiger partial charge is 0.399 e. The van der Waals surface area contributed by atoms with Gasteiger partial charge in [0, 0.05) is 18.7 Å². The van der Waals surface area contributed by atoms with Crippen molar-refractivity contribution >= 4 is 29.0 Å². The Morgan fingerprint density at radius 1 is 1.25 bits per heavy atom. The smallest absolute Gasteiger partial charge is 0.335 e. The van der Waals surface area contributed by atoms with Crippen molar-refractivity contribution in [3.05, 3.63) is 23.1 Å². The normalized spacial score (nSPS) is 24.0. The fourth-order valence-corrected chi connectivity index (χ4v) is 4.74. The molecule has 6 nitrogen and oxygen atoms in total. The molecule has 2 aliphatic carbocycles. The minimum Gasteiger partial charge on any atom is -0.335 e. The fraction of sp³-hybridized carbons (Fsp3) is 0.611. The van der Waals surface area contributed by atoms with Crippen LogP contribution in [0.1, 0.15) is 50.1 Å². The van der Waals surface area contributed by atoms with E-state index in [-0.39, 0.29) is 28.2 Å². The van der Waals surface area contributed by atoms with Gasteiger partial charge in [-0.2, -0.15) is 18.3 Å². The van der Waals surface area contributed by atoms with E-state index in [1.165, 1.54) is 25.1 Å². The molecule has 2 fully saturated rings. The molecule has 28 heavy (non-hydrogen) atoms. The number of aromatic nitrogens is 3. The van der Waals surface area contributed by atoms with Gasteiger partial charge in [-0.15, -0.1) is 0 Å². The number of nitrogens with zero attached hydrogens (tertiary/aromatic N) is 4. The highest BCUT2D eigenvalue weighted by Crippen LogP contribution is 2.56. The molecule has 150 valence electrons. The molecule has 1 N–H and O–H groups in total. The first-order valence-electron chi connectivity index (χ1n) is 9.45. The number of fused-ring (bicyclic) bond motifs is 3. The van der Waals surface area contributed by atoms with E-state index in [1.807, 2.05) is 0 Å². The zero-order valence-electron chi connectivity index (χ0n) is 15.0. The molecule has 1 spiro atoms. The van der Waals surface area contributed by atoms with Crippen molar-refractivity contribution in [2.24, 2.45) is 5.41 Å². The maximum Gasteiger partial charge on any atom is 0.399 e. The Bertz CT molecular complexity index is 945. The van der Waals surface area contributed by atoms with Crippen LogP contribution in [0.2, 0.25) is 5.15 Å². The van der Waals surface area contributed by atoms with Gasteiger partial charge < -0.3 is 5.32 Å². The number of hydrogen-bond acceptors (Lipinski definition) is 3. The highest BCUT2D eigenvalue weighted by molar-refractivity contribution is 6.29. The standard InChI is InChI=1S/C18H19ClF3N5O/c19-13-7-14-23-8-12-15(27(14)25-13)11(18(20,21)22)9-26(12)16(28)24-10-1-3-17(4-2-10)5-6-17/h7-8,10-11H,1-6,9H2,(H,24,28)/t11-/m1/s1. The lowest BCUT2D eigenvalue weighted by molar-refractivity contribution is -0.147. The number of carbonyl (C=O) groups excluding carboxylic acids is 1. The Morgan fingerprint density at radius 2 is 1.96 bits per heavy atom. The SMILES string of the molecule is O=C(NC1CCC2(CC1)CC2)N1C[C@@H](C(F)(F)F)c2c1cnc1cc(Cl)nn21. The van der Waals surface area contributed by atoms with Gasteiger partial charge in [0.2, 0.25) is 0 Å². The van der Waals surface area contributed by atoms with Gasteiger partial charge in [-0.25, -0.2) is 14.3 Å². The Balaban J connectivity index is 1.43. The van der Waals surface area contributed by atoms with E-state index < -0.39 is 24.7 Å². The molecular weight excluding hydrogens is 395 g/mol. The molecule has 2 aromatic rings. The molecule has 0 aromatic carbocycles. The third-order valence-corrected chi connectivity index (χ3v) is 6.61. The predicted molar refractivity (Wildman–Crippen MR) is 96.6 cm³/mol. The van der Waals surface area contributed by atoms with E-state index in [0.29, 0.717) is 5.41 Å². The summed E-state index contributed by atoms with van der Waals surface area (Å²) >= 11 is 5.86. The molecule has 3 aliphatic rings. The van der Waals surface area contributed by atoms with Crippen LogP contribution in [0.3, 0.4) is 0 Å². The van der Waals surface area contributed by atoms with E-state index >= 15 is 0 Å². The van der Waals surface area contributed by atoms with Crippen LogP contribution in [0.15, 0.2) is 12.3 Å². The molecule has 3 heterocycles. The third-order valence-electron chi connectivity index (χ3n) is 6.43. The summed E-state index contributed by atoms with van der Waals surface area (Å²) in [5.41, 5.74) is 0.738. The average Bonchev–Trinajstić information content (AvgIpc) is 3.09. The number of hydrogen-bond donors (Lipinski definition) is 1. The number of halogens is 4. The summed E-state index contributed by atoms with van der Waals surface area (Å²) in [6, 6.07) is 0.889. The van der Waals surface area contributed by atoms with E-state index in [4.69, 9.17) is 11.6 Å². The van der Waals surface area contributed by atoms with Gasteiger partial charge in [0.1, 0.15) is 5.92 Å². The van der Waals surface area contributed by atoms with E-state index in [2.05, 4.69) is 15.4 Å². The van der Waals surface area contributed by atoms with Crippen LogP contribution in [0.4, 0.5) is 23.7 Å². The number of urea groups is 1. The molecule has 1 atom stereocenters. The molecule has 2 aromatic heterocycles. The van der Waals surface area contributed by atoms with Gasteiger partial charge in [-0.3, -0.25) is 4.90 Å². The predicted octanol–water partition coefficient (Wildman–Crippen LogP) is 4.28. The second kappa shape index (κ2) is 5.98. The number of alkyl halides is 3. The summed E-state index contributed by atoms with van der Waals surface area (Å²) in [5, 5.41) is 6.93. The number of rotatable bonds is 1. The number of nitrogens with one attached hydrogen (secondary N) is 1. The first-order valence-corrected chi connectivity index (χ1v) is 9.83. The van der Waals surface area contributed by atoms with Crippen molar-refractivity contribution in [1.82, 2.24) is 19.9 Å². The highest BCUT2D eigenvalue weighted by Gasteiger charge is 2.51. The Morgan fingerprint density at radius 3 is 2.61 bits per heavy atom. The van der Waals surface area contributed by atoms with Crippen molar-refractivity contribution in [2.45, 2.75) is 56.7 Å². The van der Waals surface area contributed by atoms with Gasteiger partial charge in [-0.1, -0.05) is 11.6 Å². The summed E-state index contributed by atoms with van der Waals surface area (Å²) in [5.74, 6) is -1.84. The number of amides is 2. The Labute approximate surface area is 164 Å². The molecule has 0 saturated heterocycles. The van der Waals surface area contributed by atoms with E-state index in [1.54, 1.807) is 0 Å². The van der Waals surface area contributed by atoms with E-state index in [0.717, 1.165) is 35.1 Å². The molecule has 5 rings (SSSR count). The van der Waals surface area contributed by atoms with Crippen LogP contribution in [-0.2, 0) is 0 Å². The average molecular weight is 414 g/mol. The first kappa shape index (κ1) is 18.0. The molecule has 10 heteroatoms. The van der Waals surface area contributed by atoms with E-state index in [9.17, 15) is 18.0 Å². The van der Waals surface area contributed by atoms with Gasteiger partial charge >= 0.3 is 12.2 Å². The topological polar surface area (TPSA) is 62.5 Å². The van der Waals surface area contributed by atoms with Crippen LogP contribution in [0, 0.1) is 5.41 Å². The summed E-state index contributed by atoms with van der Waals surface area (Å²) in [7, 11) is 0. The highest BCUT2D eigenvalue weighted by atomic mass is 35.5. The van der Waals surface area contributed by atoms with Crippen molar-refractivity contribution in [1.29, 1.82) is 0 Å². The zero-order valence-corrected chi connectivity index (χ0v) is 15.7. The molecule has 1 aliphatic heterocycles. The van der Waals surface area contributed by atoms with Crippen molar-refractivity contribution in [2.75, 3.05) is 11.4 Å². The van der Waals surface area contributed by atoms with Gasteiger partial charge in [0.05, 0.1) is 17.6 Å². The van der Waals surface area contributed by atoms with Crippen LogP contribution in [-0.4, -0.2) is 39.4 Å². The number of anilines is 1. The summed E-state index contributed by atoms with van der Waals surface area (Å²) in [6.45, 7) is -0.487. The van der Waals surface area contributed by atoms with Crippen LogP contribution >= 0.6 is 11.6 Å². The maximum atomic E-state index is 13.7. The molecule has 2 saturated carbocycles. The van der Waals surface area contributed by atoms with Crippen LogP contribution in [0.5, 0.6) is 0 Å². The molecule has 2 amide bonds. The molecule has 0 unspecified atom stereocenters. The van der Waals surface area contributed by atoms with Crippen molar-refractivity contribution < 1.29 is 18.0 Å². The minimum absolute atomic E-state index is 0.00273. The van der Waals surface area contributed by atoms with Gasteiger partial charge in [0.15, 0.2) is 10.8 Å². The molecule has 0 radical (unpaired) electrons. The molecular formula is C18H19ClF3N5O. The fourth-order valence-electron chi connectivity index (χ4n) is 4.57. The van der Waals surface area contributed by atoms with Gasteiger partial charge in [-0.05, 0) is 43.9 Å². The summed E-state index contributed by atoms with van der Waals surface area (Å²) in [4.78, 5) is 18.1. The minimum atomic E-state index is -4.51. The van der Waals surface area contributed by atoms with Crippen molar-refractivity contribution in [3.8, 4) is 0 Å². The maximum absolute atomic E-state index is 13.7. The lowest BCUT2D eigenvalue weighted by Crippen LogP contribution is -2.46. The second-order valence-electron chi connectivity index (χ2n) is 8.19. The van der Waals surface area contributed by atoms with Crippen LogP contribution < -0.4 is 10.2 Å². The third kappa shape index (κ3) is 2.91. The summed E-state index contributed by atoms with van der Waals surface area (Å²) < 4.78 is 42.2. The second-order valence-corrected chi connectivity index (χ2v) is 8.58. The summed E-state index contributed by atoms with van der Waals surface area (Å²) in [6.07, 6.45) is 3.21. The van der Waals surface area contributed by atoms with Gasteiger partial charge in [0.25, 0.3) is 0 Å². The monoisotopic (exact) mass is 413 g/mol. The van der Waals surface area contributed by atoms with Crippen LogP contribution in [0.25, 0.3) is 5.65 Å². The number of carbonyl (C=O) groups is 1. The first-order chi connectivity index (χ1) is 13.3. The molecule has 0 bridgehead atoms. The quantitative estimate of drug-likeness (QED) is 0.759.